The molecule has 0 saturated carbocycles. The molecule has 1 aromatic carbocycles. The summed E-state index contributed by atoms with van der Waals surface area (Å²) in [5, 5.41) is 15.4. The number of benzene rings is 1. The van der Waals surface area contributed by atoms with E-state index in [-0.39, 0.29) is 12.3 Å². The number of aromatic hydroxyl groups is 1. The van der Waals surface area contributed by atoms with Gasteiger partial charge in [-0.3, -0.25) is 4.79 Å². The van der Waals surface area contributed by atoms with Gasteiger partial charge in [0, 0.05) is 16.1 Å². The average Bonchev–Trinajstić information content (AvgIpc) is 2.84. The van der Waals surface area contributed by atoms with E-state index in [0.717, 1.165) is 4.52 Å². The van der Waals surface area contributed by atoms with Crippen LogP contribution >= 0.6 is 23.2 Å². The van der Waals surface area contributed by atoms with Crippen molar-refractivity contribution in [3.8, 4) is 17.0 Å². The molecule has 0 saturated heterocycles. The van der Waals surface area contributed by atoms with Crippen molar-refractivity contribution in [2.24, 2.45) is 0 Å². The van der Waals surface area contributed by atoms with Crippen LogP contribution in [0.1, 0.15) is 23.0 Å². The van der Waals surface area contributed by atoms with Gasteiger partial charge < -0.3 is 14.8 Å². The first-order valence-corrected chi connectivity index (χ1v) is 8.07. The zero-order chi connectivity index (χ0) is 18.3. The van der Waals surface area contributed by atoms with Crippen LogP contribution in [0.5, 0.6) is 5.88 Å². The van der Waals surface area contributed by atoms with E-state index in [2.05, 4.69) is 10.1 Å². The van der Waals surface area contributed by atoms with Gasteiger partial charge in [-0.1, -0.05) is 29.3 Å². The van der Waals surface area contributed by atoms with Crippen molar-refractivity contribution < 1.29 is 14.6 Å². The molecule has 2 aromatic heterocycles. The number of hydrogen-bond acceptors (Lipinski definition) is 5. The highest BCUT2D eigenvalue weighted by Crippen LogP contribution is 2.35. The number of aryl methyl sites for hydroxylation is 1. The van der Waals surface area contributed by atoms with E-state index in [4.69, 9.17) is 27.9 Å². The Morgan fingerprint density at radius 2 is 2.12 bits per heavy atom. The predicted molar refractivity (Wildman–Crippen MR) is 93.6 cm³/mol. The Kier molecular flexibility index (Phi) is 4.45. The topological polar surface area (TPSA) is 96.7 Å². The smallest absolute Gasteiger partial charge is 0.349 e. The first kappa shape index (κ1) is 17.3. The monoisotopic (exact) mass is 381 g/mol. The molecule has 3 rings (SSSR count). The van der Waals surface area contributed by atoms with E-state index in [1.807, 2.05) is 0 Å². The summed E-state index contributed by atoms with van der Waals surface area (Å²) >= 11 is 12.2. The normalized spacial score (nSPS) is 11.0. The van der Waals surface area contributed by atoms with Gasteiger partial charge in [0.05, 0.1) is 17.3 Å². The molecular weight excluding hydrogens is 369 g/mol. The van der Waals surface area contributed by atoms with Crippen LogP contribution in [0.3, 0.4) is 0 Å². The van der Waals surface area contributed by atoms with E-state index < -0.39 is 23.0 Å². The van der Waals surface area contributed by atoms with Gasteiger partial charge in [0.15, 0.2) is 5.56 Å². The van der Waals surface area contributed by atoms with Gasteiger partial charge in [0.25, 0.3) is 5.56 Å². The van der Waals surface area contributed by atoms with Crippen LogP contribution in [-0.4, -0.2) is 32.3 Å². The van der Waals surface area contributed by atoms with Crippen molar-refractivity contribution in [1.82, 2.24) is 14.6 Å². The minimum absolute atomic E-state index is 0.0690. The Bertz CT molecular complexity index is 1060. The standard InChI is InChI=1S/C16H13Cl2N3O4/c1-3-25-16(24)12-14(22)19-13-11(7(2)20-21(13)15(12)23)9-5-4-8(17)6-10(9)18/h4-6,23H,3H2,1-2H3,(H,19,22). The van der Waals surface area contributed by atoms with Crippen molar-refractivity contribution in [2.75, 3.05) is 6.61 Å². The summed E-state index contributed by atoms with van der Waals surface area (Å²) in [6.07, 6.45) is 0. The van der Waals surface area contributed by atoms with E-state index in [0.29, 0.717) is 26.9 Å². The SMILES string of the molecule is CCOC(=O)c1c(O)n2nc(C)c(-c3ccc(Cl)cc3Cl)c2[nH]c1=O. The quantitative estimate of drug-likeness (QED) is 0.679. The number of rotatable bonds is 3. The van der Waals surface area contributed by atoms with Crippen molar-refractivity contribution >= 4 is 34.8 Å². The van der Waals surface area contributed by atoms with Crippen LogP contribution in [0.2, 0.25) is 10.0 Å². The summed E-state index contributed by atoms with van der Waals surface area (Å²) in [6, 6.07) is 4.90. The molecule has 0 amide bonds. The molecule has 2 N–H and O–H groups in total. The lowest BCUT2D eigenvalue weighted by Crippen LogP contribution is -2.22. The van der Waals surface area contributed by atoms with E-state index in [1.54, 1.807) is 32.0 Å². The molecule has 9 heteroatoms. The molecule has 0 spiro atoms. The molecule has 0 radical (unpaired) electrons. The number of nitrogens with one attached hydrogen (secondary N) is 1. The predicted octanol–water partition coefficient (Wildman–Crippen LogP) is 3.19. The summed E-state index contributed by atoms with van der Waals surface area (Å²) in [5.74, 6) is -1.53. The number of carbonyl (C=O) groups is 1. The third kappa shape index (κ3) is 2.85. The van der Waals surface area contributed by atoms with Crippen molar-refractivity contribution in [2.45, 2.75) is 13.8 Å². The van der Waals surface area contributed by atoms with Crippen LogP contribution in [0, 0.1) is 6.92 Å². The summed E-state index contributed by atoms with van der Waals surface area (Å²) in [6.45, 7) is 3.36. The third-order valence-corrected chi connectivity index (χ3v) is 4.17. The number of hydrogen-bond donors (Lipinski definition) is 2. The Balaban J connectivity index is 2.32. The third-order valence-electron chi connectivity index (χ3n) is 3.62. The lowest BCUT2D eigenvalue weighted by molar-refractivity contribution is 0.0519. The number of nitrogens with zero attached hydrogens (tertiary/aromatic N) is 2. The highest BCUT2D eigenvalue weighted by Gasteiger charge is 2.25. The second-order valence-electron chi connectivity index (χ2n) is 5.22. The van der Waals surface area contributed by atoms with Gasteiger partial charge in [-0.15, -0.1) is 0 Å². The fourth-order valence-electron chi connectivity index (χ4n) is 2.58. The fourth-order valence-corrected chi connectivity index (χ4v) is 3.08. The lowest BCUT2D eigenvalue weighted by atomic mass is 10.1. The molecule has 25 heavy (non-hydrogen) atoms. The fraction of sp³-hybridized carbons (Fsp3) is 0.188. The molecule has 0 bridgehead atoms. The van der Waals surface area contributed by atoms with Crippen molar-refractivity contribution in [3.63, 3.8) is 0 Å². The summed E-state index contributed by atoms with van der Waals surface area (Å²) in [4.78, 5) is 26.8. The molecular formula is C16H13Cl2N3O4. The molecule has 0 aliphatic carbocycles. The zero-order valence-corrected chi connectivity index (χ0v) is 14.8. The summed E-state index contributed by atoms with van der Waals surface area (Å²) < 4.78 is 5.87. The highest BCUT2D eigenvalue weighted by molar-refractivity contribution is 6.36. The average molecular weight is 382 g/mol. The van der Waals surface area contributed by atoms with Crippen LogP contribution < -0.4 is 5.56 Å². The van der Waals surface area contributed by atoms with Crippen LogP contribution in [0.4, 0.5) is 0 Å². The van der Waals surface area contributed by atoms with Gasteiger partial charge in [-0.05, 0) is 26.0 Å². The molecule has 0 aliphatic rings. The van der Waals surface area contributed by atoms with Crippen LogP contribution in [0.25, 0.3) is 16.8 Å². The van der Waals surface area contributed by atoms with Gasteiger partial charge in [0.2, 0.25) is 5.88 Å². The van der Waals surface area contributed by atoms with E-state index >= 15 is 0 Å². The molecule has 3 aromatic rings. The molecule has 0 unspecified atom stereocenters. The minimum atomic E-state index is -0.928. The maximum Gasteiger partial charge on any atom is 0.349 e. The Morgan fingerprint density at radius 3 is 2.76 bits per heavy atom. The highest BCUT2D eigenvalue weighted by atomic mass is 35.5. The zero-order valence-electron chi connectivity index (χ0n) is 13.3. The van der Waals surface area contributed by atoms with Crippen LogP contribution in [-0.2, 0) is 4.74 Å². The molecule has 0 fully saturated rings. The Labute approximate surface area is 151 Å². The largest absolute Gasteiger partial charge is 0.492 e. The molecule has 130 valence electrons. The van der Waals surface area contributed by atoms with Crippen LogP contribution in [0.15, 0.2) is 23.0 Å². The first-order valence-electron chi connectivity index (χ1n) is 7.32. The van der Waals surface area contributed by atoms with Crippen molar-refractivity contribution in [1.29, 1.82) is 0 Å². The number of halogens is 2. The van der Waals surface area contributed by atoms with Crippen molar-refractivity contribution in [3.05, 3.63) is 49.9 Å². The summed E-state index contributed by atoms with van der Waals surface area (Å²) in [5.41, 5.74) is 0.510. The second-order valence-corrected chi connectivity index (χ2v) is 6.06. The number of fused-ring (bicyclic) bond motifs is 1. The molecule has 2 heterocycles. The number of ether oxygens (including phenoxy) is 1. The van der Waals surface area contributed by atoms with Gasteiger partial charge in [0.1, 0.15) is 5.65 Å². The number of aromatic nitrogens is 3. The number of aromatic amines is 1. The number of carbonyl (C=O) groups excluding carboxylic acids is 1. The maximum atomic E-state index is 12.3. The summed E-state index contributed by atoms with van der Waals surface area (Å²) in [7, 11) is 0. The molecule has 7 nitrogen and oxygen atoms in total. The van der Waals surface area contributed by atoms with Gasteiger partial charge in [-0.2, -0.15) is 9.61 Å². The number of esters is 1. The van der Waals surface area contributed by atoms with Gasteiger partial charge >= 0.3 is 5.97 Å². The Hall–Kier alpha value is -2.51. The first-order chi connectivity index (χ1) is 11.8. The molecule has 0 atom stereocenters. The maximum absolute atomic E-state index is 12.3. The Morgan fingerprint density at radius 1 is 1.40 bits per heavy atom. The minimum Gasteiger partial charge on any atom is -0.492 e. The second kappa shape index (κ2) is 6.42. The molecule has 0 aliphatic heterocycles. The van der Waals surface area contributed by atoms with E-state index in [9.17, 15) is 14.7 Å². The van der Waals surface area contributed by atoms with E-state index in [1.165, 1.54) is 0 Å². The van der Waals surface area contributed by atoms with Gasteiger partial charge in [-0.25, -0.2) is 4.79 Å². The lowest BCUT2D eigenvalue weighted by Gasteiger charge is -2.07. The number of H-pyrrole nitrogens is 1.